The number of benzene rings is 1. The van der Waals surface area contributed by atoms with Crippen LogP contribution in [0.5, 0.6) is 0 Å². The first-order valence-corrected chi connectivity index (χ1v) is 9.55. The zero-order chi connectivity index (χ0) is 18.0. The number of hydrogen-bond acceptors (Lipinski definition) is 4. The van der Waals surface area contributed by atoms with Crippen molar-refractivity contribution >= 4 is 16.3 Å². The molecule has 1 aliphatic heterocycles. The van der Waals surface area contributed by atoms with Crippen LogP contribution in [0.15, 0.2) is 30.3 Å². The summed E-state index contributed by atoms with van der Waals surface area (Å²) in [6.07, 6.45) is 0.0824. The van der Waals surface area contributed by atoms with Crippen LogP contribution in [0.25, 0.3) is 0 Å². The van der Waals surface area contributed by atoms with E-state index in [9.17, 15) is 17.1 Å². The second-order valence-electron chi connectivity index (χ2n) is 7.20. The van der Waals surface area contributed by atoms with E-state index in [-0.39, 0.29) is 12.5 Å². The molecule has 0 bridgehead atoms. The van der Waals surface area contributed by atoms with Crippen LogP contribution in [0, 0.1) is 5.92 Å². The topological polar surface area (TPSA) is 63.7 Å². The predicted octanol–water partition coefficient (Wildman–Crippen LogP) is 3.33. The van der Waals surface area contributed by atoms with Crippen molar-refractivity contribution in [3.8, 4) is 0 Å². The van der Waals surface area contributed by atoms with Gasteiger partial charge in [0.15, 0.2) is 0 Å². The molecule has 5 nitrogen and oxygen atoms in total. The van der Waals surface area contributed by atoms with E-state index in [1.807, 2.05) is 30.3 Å². The smallest absolute Gasteiger partial charge is 0.410 e. The van der Waals surface area contributed by atoms with Gasteiger partial charge in [-0.15, -0.1) is 3.89 Å². The number of likely N-dealkylation sites (tertiary alicyclic amines) is 1. The van der Waals surface area contributed by atoms with E-state index in [0.717, 1.165) is 5.56 Å². The van der Waals surface area contributed by atoms with Crippen LogP contribution < -0.4 is 0 Å². The molecule has 1 fully saturated rings. The minimum atomic E-state index is -4.63. The Kier molecular flexibility index (Phi) is 5.52. The third-order valence-electron chi connectivity index (χ3n) is 4.03. The van der Waals surface area contributed by atoms with Crippen LogP contribution in [0.2, 0.25) is 0 Å². The Morgan fingerprint density at radius 3 is 2.46 bits per heavy atom. The number of ether oxygens (including phenoxy) is 1. The van der Waals surface area contributed by atoms with Gasteiger partial charge in [-0.1, -0.05) is 30.3 Å². The second-order valence-corrected chi connectivity index (χ2v) is 8.61. The number of carbonyl (C=O) groups is 1. The minimum Gasteiger partial charge on any atom is -0.444 e. The van der Waals surface area contributed by atoms with Crippen LogP contribution in [0.3, 0.4) is 0 Å². The van der Waals surface area contributed by atoms with Gasteiger partial charge in [0, 0.05) is 19.0 Å². The molecule has 2 atom stereocenters. The van der Waals surface area contributed by atoms with E-state index in [0.29, 0.717) is 13.0 Å². The molecule has 134 valence electrons. The molecule has 1 aliphatic rings. The third-order valence-corrected chi connectivity index (χ3v) is 4.85. The van der Waals surface area contributed by atoms with E-state index in [2.05, 4.69) is 0 Å². The highest BCUT2D eigenvalue weighted by molar-refractivity contribution is 7.86. The zero-order valence-corrected chi connectivity index (χ0v) is 15.1. The van der Waals surface area contributed by atoms with Crippen molar-refractivity contribution in [1.29, 1.82) is 0 Å². The highest BCUT2D eigenvalue weighted by Gasteiger charge is 2.36. The highest BCUT2D eigenvalue weighted by atomic mass is 32.3. The lowest BCUT2D eigenvalue weighted by Crippen LogP contribution is -2.46. The summed E-state index contributed by atoms with van der Waals surface area (Å²) in [5, 5.41) is 0. The Balaban J connectivity index is 2.18. The summed E-state index contributed by atoms with van der Waals surface area (Å²) in [5.41, 5.74) is 0.338. The summed E-state index contributed by atoms with van der Waals surface area (Å²) in [6, 6.07) is 9.44. The van der Waals surface area contributed by atoms with Gasteiger partial charge in [0.1, 0.15) is 5.60 Å². The number of halogens is 1. The van der Waals surface area contributed by atoms with Crippen LogP contribution in [0.4, 0.5) is 8.68 Å². The average Bonchev–Trinajstić information content (AvgIpc) is 2.44. The number of rotatable bonds is 3. The molecule has 0 aromatic heterocycles. The SMILES string of the molecule is CC(C)(C)OC(=O)N1CCC(c2ccccc2)C(CS(=O)(=O)F)C1. The molecule has 0 saturated carbocycles. The Labute approximate surface area is 143 Å². The lowest BCUT2D eigenvalue weighted by atomic mass is 9.81. The van der Waals surface area contributed by atoms with Gasteiger partial charge < -0.3 is 9.64 Å². The monoisotopic (exact) mass is 357 g/mol. The van der Waals surface area contributed by atoms with Crippen molar-refractivity contribution in [2.24, 2.45) is 5.92 Å². The van der Waals surface area contributed by atoms with Crippen LogP contribution >= 0.6 is 0 Å². The van der Waals surface area contributed by atoms with E-state index in [1.165, 1.54) is 4.90 Å². The van der Waals surface area contributed by atoms with Crippen molar-refractivity contribution in [2.45, 2.75) is 38.7 Å². The first-order chi connectivity index (χ1) is 11.1. The van der Waals surface area contributed by atoms with Crippen molar-refractivity contribution in [1.82, 2.24) is 4.90 Å². The molecule has 0 radical (unpaired) electrons. The quantitative estimate of drug-likeness (QED) is 0.779. The molecule has 1 aromatic rings. The number of carbonyl (C=O) groups excluding carboxylic acids is 1. The molecule has 0 N–H and O–H groups in total. The molecule has 24 heavy (non-hydrogen) atoms. The van der Waals surface area contributed by atoms with Gasteiger partial charge in [-0.25, -0.2) is 4.79 Å². The van der Waals surface area contributed by atoms with Gasteiger partial charge in [-0.3, -0.25) is 0 Å². The zero-order valence-electron chi connectivity index (χ0n) is 14.2. The summed E-state index contributed by atoms with van der Waals surface area (Å²) in [6.45, 7) is 5.93. The first-order valence-electron chi connectivity index (χ1n) is 8.00. The summed E-state index contributed by atoms with van der Waals surface area (Å²) >= 11 is 0. The number of amides is 1. The van der Waals surface area contributed by atoms with Crippen LogP contribution in [0.1, 0.15) is 38.7 Å². The van der Waals surface area contributed by atoms with Crippen molar-refractivity contribution in [2.75, 3.05) is 18.8 Å². The van der Waals surface area contributed by atoms with Crippen LogP contribution in [-0.4, -0.2) is 43.9 Å². The largest absolute Gasteiger partial charge is 0.444 e. The predicted molar refractivity (Wildman–Crippen MR) is 90.0 cm³/mol. The summed E-state index contributed by atoms with van der Waals surface area (Å²) in [5.74, 6) is -1.19. The standard InChI is InChI=1S/C17H24FNO4S/c1-17(2,3)23-16(20)19-10-9-15(13-7-5-4-6-8-13)14(11-19)12-24(18,21)22/h4-8,14-15H,9-12H2,1-3H3. The number of piperidine rings is 1. The van der Waals surface area contributed by atoms with Gasteiger partial charge in [0.25, 0.3) is 0 Å². The lowest BCUT2D eigenvalue weighted by molar-refractivity contribution is 0.0156. The molecule has 0 spiro atoms. The molecule has 7 heteroatoms. The van der Waals surface area contributed by atoms with Crippen LogP contribution in [-0.2, 0) is 15.0 Å². The van der Waals surface area contributed by atoms with Gasteiger partial charge in [0.2, 0.25) is 0 Å². The molecule has 1 amide bonds. The Morgan fingerprint density at radius 1 is 1.29 bits per heavy atom. The molecule has 2 unspecified atom stereocenters. The van der Waals surface area contributed by atoms with Gasteiger partial charge >= 0.3 is 16.3 Å². The summed E-state index contributed by atoms with van der Waals surface area (Å²) < 4.78 is 41.0. The maximum absolute atomic E-state index is 13.3. The minimum absolute atomic E-state index is 0.101. The molecule has 2 rings (SSSR count). The maximum Gasteiger partial charge on any atom is 0.410 e. The average molecular weight is 357 g/mol. The summed E-state index contributed by atoms with van der Waals surface area (Å²) in [7, 11) is -4.63. The molecular weight excluding hydrogens is 333 g/mol. The fourth-order valence-corrected chi connectivity index (χ4v) is 3.94. The molecule has 0 aliphatic carbocycles. The van der Waals surface area contributed by atoms with Gasteiger partial charge in [0.05, 0.1) is 5.75 Å². The fourth-order valence-electron chi connectivity index (χ4n) is 3.09. The molecule has 1 saturated heterocycles. The normalized spacial score (nSPS) is 22.2. The first kappa shape index (κ1) is 18.7. The Morgan fingerprint density at radius 2 is 1.92 bits per heavy atom. The third kappa shape index (κ3) is 5.47. The second kappa shape index (κ2) is 7.09. The van der Waals surface area contributed by atoms with Crippen molar-refractivity contribution < 1.29 is 21.8 Å². The number of hydrogen-bond donors (Lipinski definition) is 0. The number of nitrogens with zero attached hydrogens (tertiary/aromatic N) is 1. The van der Waals surface area contributed by atoms with E-state index in [1.54, 1.807) is 20.8 Å². The highest BCUT2D eigenvalue weighted by Crippen LogP contribution is 2.34. The molecule has 1 aromatic carbocycles. The van der Waals surface area contributed by atoms with Gasteiger partial charge in [-0.05, 0) is 38.7 Å². The van der Waals surface area contributed by atoms with E-state index >= 15 is 0 Å². The van der Waals surface area contributed by atoms with E-state index in [4.69, 9.17) is 4.74 Å². The fraction of sp³-hybridized carbons (Fsp3) is 0.588. The van der Waals surface area contributed by atoms with Gasteiger partial charge in [-0.2, -0.15) is 8.42 Å². The molecular formula is C17H24FNO4S. The van der Waals surface area contributed by atoms with Crippen molar-refractivity contribution in [3.63, 3.8) is 0 Å². The Hall–Kier alpha value is -1.63. The van der Waals surface area contributed by atoms with Crippen molar-refractivity contribution in [3.05, 3.63) is 35.9 Å². The lowest BCUT2D eigenvalue weighted by Gasteiger charge is -2.38. The maximum atomic E-state index is 13.3. The van der Waals surface area contributed by atoms with E-state index < -0.39 is 33.6 Å². The summed E-state index contributed by atoms with van der Waals surface area (Å²) in [4.78, 5) is 13.7. The Bertz CT molecular complexity index is 670. The molecule has 1 heterocycles.